The molecule has 24 heavy (non-hydrogen) atoms. The molecule has 0 saturated heterocycles. The molecule has 1 fully saturated rings. The maximum atomic E-state index is 13.3. The molecule has 2 aromatic rings. The molecule has 1 heterocycles. The Hall–Kier alpha value is -2.21. The van der Waals surface area contributed by atoms with Gasteiger partial charge in [-0.25, -0.2) is 9.07 Å². The lowest BCUT2D eigenvalue weighted by atomic mass is 10.3. The fraction of sp³-hybridized carbons (Fsp3) is 0.444. The lowest BCUT2D eigenvalue weighted by Crippen LogP contribution is -2.40. The first-order valence-corrected chi connectivity index (χ1v) is 8.40. The molecule has 128 valence electrons. The van der Waals surface area contributed by atoms with E-state index in [9.17, 15) is 9.18 Å². The molecule has 1 aliphatic carbocycles. The molecule has 1 N–H and O–H groups in total. The first-order chi connectivity index (χ1) is 11.5. The predicted octanol–water partition coefficient (Wildman–Crippen LogP) is 2.61. The third-order valence-electron chi connectivity index (χ3n) is 4.23. The minimum absolute atomic E-state index is 0.204. The Morgan fingerprint density at radius 3 is 2.88 bits per heavy atom. The number of hydrogen-bond donors (Lipinski definition) is 1. The van der Waals surface area contributed by atoms with Crippen LogP contribution < -0.4 is 5.32 Å². The molecule has 1 aromatic heterocycles. The fourth-order valence-corrected chi connectivity index (χ4v) is 2.87. The van der Waals surface area contributed by atoms with Gasteiger partial charge in [-0.3, -0.25) is 9.69 Å². The normalized spacial score (nSPS) is 14.4. The highest BCUT2D eigenvalue weighted by atomic mass is 19.1. The van der Waals surface area contributed by atoms with Crippen LogP contribution in [0.4, 0.5) is 4.39 Å². The number of hydrogen-bond acceptors (Lipinski definition) is 3. The number of nitrogens with zero attached hydrogens (tertiary/aromatic N) is 3. The van der Waals surface area contributed by atoms with Crippen molar-refractivity contribution in [1.82, 2.24) is 20.0 Å². The van der Waals surface area contributed by atoms with Crippen LogP contribution >= 0.6 is 0 Å². The molecule has 0 atom stereocenters. The van der Waals surface area contributed by atoms with E-state index in [1.165, 1.54) is 29.7 Å². The van der Waals surface area contributed by atoms with Gasteiger partial charge in [0.15, 0.2) is 5.69 Å². The maximum absolute atomic E-state index is 13.3. The molecular weight excluding hydrogens is 307 g/mol. The summed E-state index contributed by atoms with van der Waals surface area (Å²) < 4.78 is 14.8. The van der Waals surface area contributed by atoms with Gasteiger partial charge in [-0.15, -0.1) is 0 Å². The van der Waals surface area contributed by atoms with Crippen LogP contribution in [0.15, 0.2) is 36.5 Å². The van der Waals surface area contributed by atoms with Crippen LogP contribution in [0.1, 0.15) is 37.2 Å². The summed E-state index contributed by atoms with van der Waals surface area (Å²) in [6.07, 6.45) is 4.17. The fourth-order valence-electron chi connectivity index (χ4n) is 2.87. The van der Waals surface area contributed by atoms with Crippen LogP contribution in [0.25, 0.3) is 5.69 Å². The third kappa shape index (κ3) is 4.00. The molecular formula is C18H23FN4O. The topological polar surface area (TPSA) is 50.2 Å². The zero-order valence-corrected chi connectivity index (χ0v) is 14.1. The number of aromatic nitrogens is 2. The number of amides is 1. The number of carbonyl (C=O) groups excluding carboxylic acids is 1. The SMILES string of the molecule is CC(C)N(CCNC(=O)c1ccn(-c2cccc(F)c2)n1)C1CC1. The molecule has 0 unspecified atom stereocenters. The summed E-state index contributed by atoms with van der Waals surface area (Å²) in [7, 11) is 0. The van der Waals surface area contributed by atoms with E-state index in [-0.39, 0.29) is 11.7 Å². The minimum atomic E-state index is -0.331. The maximum Gasteiger partial charge on any atom is 0.271 e. The van der Waals surface area contributed by atoms with E-state index in [1.54, 1.807) is 24.4 Å². The molecule has 5 nitrogen and oxygen atoms in total. The number of carbonyl (C=O) groups is 1. The number of benzene rings is 1. The lowest BCUT2D eigenvalue weighted by Gasteiger charge is -2.26. The van der Waals surface area contributed by atoms with Crippen LogP contribution in [0.3, 0.4) is 0 Å². The summed E-state index contributed by atoms with van der Waals surface area (Å²) in [5.41, 5.74) is 0.926. The molecule has 3 rings (SSSR count). The van der Waals surface area contributed by atoms with E-state index in [0.717, 1.165) is 6.54 Å². The Balaban J connectivity index is 1.56. The van der Waals surface area contributed by atoms with Gasteiger partial charge >= 0.3 is 0 Å². The van der Waals surface area contributed by atoms with Gasteiger partial charge in [-0.05, 0) is 51.0 Å². The van der Waals surface area contributed by atoms with Crippen LogP contribution in [0.5, 0.6) is 0 Å². The molecule has 0 bridgehead atoms. The van der Waals surface area contributed by atoms with E-state index in [1.807, 2.05) is 0 Å². The molecule has 0 radical (unpaired) electrons. The monoisotopic (exact) mass is 330 g/mol. The van der Waals surface area contributed by atoms with Crippen molar-refractivity contribution in [2.45, 2.75) is 38.8 Å². The summed E-state index contributed by atoms with van der Waals surface area (Å²) in [6, 6.07) is 8.92. The van der Waals surface area contributed by atoms with Gasteiger partial charge in [0.25, 0.3) is 5.91 Å². The Morgan fingerprint density at radius 2 is 2.21 bits per heavy atom. The first kappa shape index (κ1) is 16.6. The predicted molar refractivity (Wildman–Crippen MR) is 90.7 cm³/mol. The quantitative estimate of drug-likeness (QED) is 0.849. The van der Waals surface area contributed by atoms with E-state index in [4.69, 9.17) is 0 Å². The van der Waals surface area contributed by atoms with Gasteiger partial charge in [0, 0.05) is 31.4 Å². The first-order valence-electron chi connectivity index (χ1n) is 8.40. The second kappa shape index (κ2) is 7.13. The Kier molecular flexibility index (Phi) is 4.94. The van der Waals surface area contributed by atoms with E-state index in [2.05, 4.69) is 29.2 Å². The Morgan fingerprint density at radius 1 is 1.42 bits per heavy atom. The second-order valence-corrected chi connectivity index (χ2v) is 6.44. The average molecular weight is 330 g/mol. The van der Waals surface area contributed by atoms with Gasteiger partial charge in [0.1, 0.15) is 5.82 Å². The van der Waals surface area contributed by atoms with Gasteiger partial charge < -0.3 is 5.32 Å². The molecule has 0 spiro atoms. The van der Waals surface area contributed by atoms with Crippen molar-refractivity contribution in [2.75, 3.05) is 13.1 Å². The van der Waals surface area contributed by atoms with Crippen LogP contribution in [0, 0.1) is 5.82 Å². The summed E-state index contributed by atoms with van der Waals surface area (Å²) in [5, 5.41) is 7.14. The van der Waals surface area contributed by atoms with Gasteiger partial charge in [0.05, 0.1) is 5.69 Å². The van der Waals surface area contributed by atoms with Crippen LogP contribution in [-0.2, 0) is 0 Å². The van der Waals surface area contributed by atoms with Crippen molar-refractivity contribution in [2.24, 2.45) is 0 Å². The van der Waals surface area contributed by atoms with E-state index in [0.29, 0.717) is 30.0 Å². The summed E-state index contributed by atoms with van der Waals surface area (Å²) in [6.45, 7) is 5.81. The van der Waals surface area contributed by atoms with Gasteiger partial charge in [-0.2, -0.15) is 5.10 Å². The average Bonchev–Trinajstić information content (AvgIpc) is 3.25. The molecule has 1 aliphatic rings. The molecule has 1 amide bonds. The molecule has 6 heteroatoms. The number of halogens is 1. The zero-order valence-electron chi connectivity index (χ0n) is 14.1. The number of nitrogens with one attached hydrogen (secondary N) is 1. The lowest BCUT2D eigenvalue weighted by molar-refractivity contribution is 0.0938. The van der Waals surface area contributed by atoms with Crippen molar-refractivity contribution in [3.63, 3.8) is 0 Å². The summed E-state index contributed by atoms with van der Waals surface area (Å²) >= 11 is 0. The van der Waals surface area contributed by atoms with Crippen LogP contribution in [-0.4, -0.2) is 45.8 Å². The molecule has 1 aromatic carbocycles. The number of rotatable bonds is 7. The largest absolute Gasteiger partial charge is 0.349 e. The van der Waals surface area contributed by atoms with Crippen molar-refractivity contribution in [3.05, 3.63) is 48.0 Å². The Bertz CT molecular complexity index is 707. The highest BCUT2D eigenvalue weighted by molar-refractivity contribution is 5.92. The molecule has 1 saturated carbocycles. The van der Waals surface area contributed by atoms with Crippen LogP contribution in [0.2, 0.25) is 0 Å². The second-order valence-electron chi connectivity index (χ2n) is 6.44. The zero-order chi connectivity index (χ0) is 17.1. The van der Waals surface area contributed by atoms with Gasteiger partial charge in [-0.1, -0.05) is 6.07 Å². The van der Waals surface area contributed by atoms with E-state index >= 15 is 0 Å². The van der Waals surface area contributed by atoms with Crippen molar-refractivity contribution < 1.29 is 9.18 Å². The smallest absolute Gasteiger partial charge is 0.271 e. The van der Waals surface area contributed by atoms with Gasteiger partial charge in [0.2, 0.25) is 0 Å². The van der Waals surface area contributed by atoms with Crippen molar-refractivity contribution in [1.29, 1.82) is 0 Å². The summed E-state index contributed by atoms with van der Waals surface area (Å²) in [5.74, 6) is -0.535. The third-order valence-corrected chi connectivity index (χ3v) is 4.23. The minimum Gasteiger partial charge on any atom is -0.349 e. The van der Waals surface area contributed by atoms with Crippen molar-refractivity contribution in [3.8, 4) is 5.69 Å². The Labute approximate surface area is 141 Å². The highest BCUT2D eigenvalue weighted by Crippen LogP contribution is 2.27. The molecule has 0 aliphatic heterocycles. The highest BCUT2D eigenvalue weighted by Gasteiger charge is 2.30. The van der Waals surface area contributed by atoms with Crippen molar-refractivity contribution >= 4 is 5.91 Å². The standard InChI is InChI=1S/C18H23FN4O/c1-13(2)22(15-6-7-15)11-9-20-18(24)17-8-10-23(21-17)16-5-3-4-14(19)12-16/h3-5,8,10,12-13,15H,6-7,9,11H2,1-2H3,(H,20,24). The van der Waals surface area contributed by atoms with E-state index < -0.39 is 0 Å². The summed E-state index contributed by atoms with van der Waals surface area (Å²) in [4.78, 5) is 14.6.